The third-order valence-corrected chi connectivity index (χ3v) is 7.26. The van der Waals surface area contributed by atoms with Crippen LogP contribution in [-0.4, -0.2) is 52.8 Å². The molecule has 0 spiro atoms. The van der Waals surface area contributed by atoms with Gasteiger partial charge in [0.25, 0.3) is 0 Å². The van der Waals surface area contributed by atoms with Crippen LogP contribution in [0, 0.1) is 10.8 Å². The van der Waals surface area contributed by atoms with Gasteiger partial charge in [-0.1, -0.05) is 49.3 Å². The lowest BCUT2D eigenvalue weighted by atomic mass is 9.68. The molecule has 0 amide bonds. The molecule has 0 radical (unpaired) electrons. The fraction of sp³-hybridized carbons (Fsp3) is 0.500. The van der Waals surface area contributed by atoms with E-state index in [2.05, 4.69) is 24.0 Å². The van der Waals surface area contributed by atoms with Crippen molar-refractivity contribution in [3.8, 4) is 0 Å². The van der Waals surface area contributed by atoms with Gasteiger partial charge in [-0.25, -0.2) is 10.0 Å². The number of unbranched alkanes of at least 4 members (excludes halogenated alkanes) is 2. The summed E-state index contributed by atoms with van der Waals surface area (Å²) in [5.74, 6) is -0.382. The number of nitrogens with zero attached hydrogens (tertiary/aromatic N) is 3. The number of aromatic nitrogens is 1. The molecule has 170 valence electrons. The number of ketones is 1. The number of para-hydroxylation sites is 1. The van der Waals surface area contributed by atoms with E-state index in [0.717, 1.165) is 48.9 Å². The van der Waals surface area contributed by atoms with E-state index in [9.17, 15) is 4.79 Å². The van der Waals surface area contributed by atoms with Gasteiger partial charge in [-0.15, -0.1) is 0 Å². The van der Waals surface area contributed by atoms with Crippen molar-refractivity contribution in [1.82, 2.24) is 15.0 Å². The normalized spacial score (nSPS) is 26.8. The third kappa shape index (κ3) is 4.34. The summed E-state index contributed by atoms with van der Waals surface area (Å²) >= 11 is 0. The number of fused-ring (bicyclic) bond motifs is 1. The SMILES string of the molecule is CC1CCN(C)N1CCCCCC1(C(=N)N)C=CCC(c2ccc3ccccc3n2)C1=O. The minimum Gasteiger partial charge on any atom is -0.387 e. The first-order chi connectivity index (χ1) is 15.4. The molecule has 1 aromatic carbocycles. The monoisotopic (exact) mass is 433 g/mol. The van der Waals surface area contributed by atoms with Crippen LogP contribution in [0.25, 0.3) is 10.9 Å². The van der Waals surface area contributed by atoms with Gasteiger partial charge in [0, 0.05) is 31.6 Å². The number of hydrogen-bond acceptors (Lipinski definition) is 5. The Hall–Kier alpha value is -2.57. The largest absolute Gasteiger partial charge is 0.387 e. The van der Waals surface area contributed by atoms with Crippen LogP contribution >= 0.6 is 0 Å². The Bertz CT molecular complexity index is 1010. The predicted molar refractivity (Wildman–Crippen MR) is 129 cm³/mol. The standard InChI is InChI=1S/C26H35N5O/c1-19-14-18-30(2)31(19)17-7-3-6-15-26(25(27)28)16-8-10-21(24(26)32)23-13-12-20-9-4-5-11-22(20)29-23/h4-5,8-9,11-13,16,19,21H,3,6-7,10,14-15,17-18H2,1-2H3,(H3,27,28). The molecule has 1 aromatic heterocycles. The maximum Gasteiger partial charge on any atom is 0.159 e. The molecule has 2 aromatic rings. The first-order valence-electron chi connectivity index (χ1n) is 11.8. The van der Waals surface area contributed by atoms with Gasteiger partial charge in [0.2, 0.25) is 0 Å². The summed E-state index contributed by atoms with van der Waals surface area (Å²) < 4.78 is 0. The van der Waals surface area contributed by atoms with Gasteiger partial charge < -0.3 is 5.73 Å². The molecule has 1 aliphatic carbocycles. The molecule has 6 nitrogen and oxygen atoms in total. The lowest BCUT2D eigenvalue weighted by molar-refractivity contribution is -0.126. The zero-order chi connectivity index (χ0) is 22.7. The van der Waals surface area contributed by atoms with Crippen molar-refractivity contribution in [1.29, 1.82) is 5.41 Å². The summed E-state index contributed by atoms with van der Waals surface area (Å²) in [5.41, 5.74) is 6.71. The van der Waals surface area contributed by atoms with Crippen LogP contribution in [0.15, 0.2) is 48.6 Å². The van der Waals surface area contributed by atoms with Crippen molar-refractivity contribution >= 4 is 22.5 Å². The van der Waals surface area contributed by atoms with Crippen molar-refractivity contribution in [2.24, 2.45) is 11.1 Å². The number of amidine groups is 1. The zero-order valence-corrected chi connectivity index (χ0v) is 19.3. The number of Topliss-reactive ketones (excluding diaryl/α,β-unsaturated/α-hetero) is 1. The number of hydrogen-bond donors (Lipinski definition) is 2. The van der Waals surface area contributed by atoms with Gasteiger partial charge in [0.15, 0.2) is 5.78 Å². The van der Waals surface area contributed by atoms with Crippen LogP contribution < -0.4 is 5.73 Å². The van der Waals surface area contributed by atoms with Gasteiger partial charge in [0.1, 0.15) is 11.3 Å². The Balaban J connectivity index is 1.43. The Kier molecular flexibility index (Phi) is 6.72. The molecule has 32 heavy (non-hydrogen) atoms. The maximum atomic E-state index is 13.7. The van der Waals surface area contributed by atoms with Crippen LogP contribution in [0.1, 0.15) is 57.1 Å². The van der Waals surface area contributed by atoms with Crippen LogP contribution in [0.3, 0.4) is 0 Å². The van der Waals surface area contributed by atoms with Crippen molar-refractivity contribution in [2.75, 3.05) is 20.1 Å². The number of allylic oxidation sites excluding steroid dienone is 1. The molecule has 2 heterocycles. The van der Waals surface area contributed by atoms with E-state index in [1.165, 1.54) is 6.42 Å². The Morgan fingerprint density at radius 2 is 2.03 bits per heavy atom. The van der Waals surface area contributed by atoms with E-state index in [1.54, 1.807) is 0 Å². The number of hydrazine groups is 1. The van der Waals surface area contributed by atoms with Crippen LogP contribution in [0.4, 0.5) is 0 Å². The summed E-state index contributed by atoms with van der Waals surface area (Å²) in [7, 11) is 2.15. The van der Waals surface area contributed by atoms with Crippen molar-refractivity contribution in [3.05, 3.63) is 54.2 Å². The van der Waals surface area contributed by atoms with Crippen LogP contribution in [0.5, 0.6) is 0 Å². The Labute approximate surface area is 191 Å². The van der Waals surface area contributed by atoms with Crippen LogP contribution in [-0.2, 0) is 4.79 Å². The Morgan fingerprint density at radius 1 is 1.22 bits per heavy atom. The molecular weight excluding hydrogens is 398 g/mol. The number of carbonyl (C=O) groups excluding carboxylic acids is 1. The topological polar surface area (TPSA) is 86.3 Å². The van der Waals surface area contributed by atoms with Gasteiger partial charge in [-0.2, -0.15) is 0 Å². The molecule has 3 atom stereocenters. The summed E-state index contributed by atoms with van der Waals surface area (Å²) in [6, 6.07) is 12.5. The lowest BCUT2D eigenvalue weighted by Crippen LogP contribution is -2.46. The number of benzene rings is 1. The quantitative estimate of drug-likeness (QED) is 0.281. The van der Waals surface area contributed by atoms with E-state index < -0.39 is 5.41 Å². The molecule has 6 heteroatoms. The maximum absolute atomic E-state index is 13.7. The second-order valence-electron chi connectivity index (χ2n) is 9.36. The first kappa shape index (κ1) is 22.6. The predicted octanol–water partition coefficient (Wildman–Crippen LogP) is 4.27. The van der Waals surface area contributed by atoms with Gasteiger partial charge in [-0.05, 0) is 44.7 Å². The summed E-state index contributed by atoms with van der Waals surface area (Å²) in [6.45, 7) is 4.44. The molecule has 1 fully saturated rings. The van der Waals surface area contributed by atoms with Crippen molar-refractivity contribution in [3.63, 3.8) is 0 Å². The minimum absolute atomic E-state index is 0.0168. The third-order valence-electron chi connectivity index (χ3n) is 7.26. The highest BCUT2D eigenvalue weighted by atomic mass is 16.1. The molecule has 4 rings (SSSR count). The summed E-state index contributed by atoms with van der Waals surface area (Å²) in [4.78, 5) is 18.4. The fourth-order valence-corrected chi connectivity index (χ4v) is 5.23. The highest BCUT2D eigenvalue weighted by Gasteiger charge is 2.45. The van der Waals surface area contributed by atoms with Crippen molar-refractivity contribution < 1.29 is 4.79 Å². The van der Waals surface area contributed by atoms with Crippen LogP contribution in [0.2, 0.25) is 0 Å². The highest BCUT2D eigenvalue weighted by molar-refractivity contribution is 6.11. The Morgan fingerprint density at radius 3 is 2.78 bits per heavy atom. The average Bonchev–Trinajstić information content (AvgIpc) is 3.11. The van der Waals surface area contributed by atoms with E-state index in [4.69, 9.17) is 16.1 Å². The number of carbonyl (C=O) groups is 1. The van der Waals surface area contributed by atoms with Crippen molar-refractivity contribution in [2.45, 2.75) is 57.4 Å². The van der Waals surface area contributed by atoms with Gasteiger partial charge >= 0.3 is 0 Å². The van der Waals surface area contributed by atoms with E-state index >= 15 is 0 Å². The fourth-order valence-electron chi connectivity index (χ4n) is 5.23. The average molecular weight is 434 g/mol. The minimum atomic E-state index is -1.01. The van der Waals surface area contributed by atoms with Gasteiger partial charge in [0.05, 0.1) is 17.1 Å². The smallest absolute Gasteiger partial charge is 0.159 e. The zero-order valence-electron chi connectivity index (χ0n) is 19.3. The highest BCUT2D eigenvalue weighted by Crippen LogP contribution is 2.40. The number of pyridine rings is 1. The molecular formula is C26H35N5O. The van der Waals surface area contributed by atoms with E-state index in [1.807, 2.05) is 48.6 Å². The lowest BCUT2D eigenvalue weighted by Gasteiger charge is -2.35. The summed E-state index contributed by atoms with van der Waals surface area (Å²) in [5, 5.41) is 14.1. The molecule has 2 aliphatic rings. The van der Waals surface area contributed by atoms with E-state index in [0.29, 0.717) is 18.9 Å². The molecule has 1 saturated heterocycles. The van der Waals surface area contributed by atoms with E-state index in [-0.39, 0.29) is 17.5 Å². The first-order valence-corrected chi connectivity index (χ1v) is 11.8. The molecule has 3 unspecified atom stereocenters. The number of rotatable bonds is 8. The summed E-state index contributed by atoms with van der Waals surface area (Å²) in [6.07, 6.45) is 9.29. The van der Waals surface area contributed by atoms with Gasteiger partial charge in [-0.3, -0.25) is 15.2 Å². The molecule has 1 aliphatic heterocycles. The molecule has 0 saturated carbocycles. The number of nitrogens with one attached hydrogen (secondary N) is 1. The number of nitrogens with two attached hydrogens (primary N) is 1. The molecule has 3 N–H and O–H groups in total. The second-order valence-corrected chi connectivity index (χ2v) is 9.36. The second kappa shape index (κ2) is 9.51. The molecule has 0 bridgehead atoms.